The Labute approximate surface area is 116 Å². The van der Waals surface area contributed by atoms with Crippen molar-refractivity contribution in [3.05, 3.63) is 24.8 Å². The second-order valence-electron chi connectivity index (χ2n) is 4.70. The standard InChI is InChI=1S/C11H12BN5O2S/c1-16-5-7(3-14-16)8-4-13-10-11(20(2,18)19)15-9(12)6-17(8)10/h3-6H,12H2,1-2H3. The first-order chi connectivity index (χ1) is 9.36. The summed E-state index contributed by atoms with van der Waals surface area (Å²) in [6.45, 7) is 0. The smallest absolute Gasteiger partial charge is 0.197 e. The molecule has 0 aromatic carbocycles. The zero-order chi connectivity index (χ0) is 14.5. The van der Waals surface area contributed by atoms with Crippen LogP contribution in [0.15, 0.2) is 29.8 Å². The second-order valence-corrected chi connectivity index (χ2v) is 6.63. The lowest BCUT2D eigenvalue weighted by Gasteiger charge is -2.05. The minimum atomic E-state index is -3.43. The van der Waals surface area contributed by atoms with Crippen LogP contribution in [0.4, 0.5) is 0 Å². The molecule has 0 fully saturated rings. The molecular formula is C11H12BN5O2S. The van der Waals surface area contributed by atoms with E-state index in [1.165, 1.54) is 0 Å². The molecule has 0 saturated heterocycles. The molecule has 0 aliphatic heterocycles. The molecule has 0 bridgehead atoms. The number of fused-ring (bicyclic) bond motifs is 1. The van der Waals surface area contributed by atoms with Crippen LogP contribution in [0.5, 0.6) is 0 Å². The monoisotopic (exact) mass is 289 g/mol. The highest BCUT2D eigenvalue weighted by molar-refractivity contribution is 7.90. The topological polar surface area (TPSA) is 82.2 Å². The van der Waals surface area contributed by atoms with Crippen LogP contribution in [0, 0.1) is 0 Å². The minimum Gasteiger partial charge on any atom is -0.296 e. The number of nitrogens with zero attached hydrogens (tertiary/aromatic N) is 5. The predicted molar refractivity (Wildman–Crippen MR) is 76.5 cm³/mol. The summed E-state index contributed by atoms with van der Waals surface area (Å²) in [5, 5.41) is 4.11. The Bertz CT molecular complexity index is 912. The Kier molecular flexibility index (Phi) is 2.68. The molecule has 0 radical (unpaired) electrons. The maximum atomic E-state index is 11.8. The number of hydrogen-bond acceptors (Lipinski definition) is 5. The molecule has 0 saturated carbocycles. The molecule has 0 spiro atoms. The third-order valence-corrected chi connectivity index (χ3v) is 3.91. The van der Waals surface area contributed by atoms with E-state index >= 15 is 0 Å². The Morgan fingerprint density at radius 2 is 2.00 bits per heavy atom. The van der Waals surface area contributed by atoms with Gasteiger partial charge in [0, 0.05) is 36.9 Å². The van der Waals surface area contributed by atoms with Crippen molar-refractivity contribution in [1.82, 2.24) is 24.1 Å². The van der Waals surface area contributed by atoms with E-state index in [9.17, 15) is 8.42 Å². The quantitative estimate of drug-likeness (QED) is 0.553. The third kappa shape index (κ3) is 1.99. The van der Waals surface area contributed by atoms with E-state index in [0.29, 0.717) is 11.2 Å². The Morgan fingerprint density at radius 3 is 2.60 bits per heavy atom. The molecule has 0 aliphatic carbocycles. The lowest BCUT2D eigenvalue weighted by atomic mass is 10.1. The van der Waals surface area contributed by atoms with E-state index in [4.69, 9.17) is 0 Å². The number of aromatic nitrogens is 5. The zero-order valence-corrected chi connectivity index (χ0v) is 12.1. The van der Waals surface area contributed by atoms with Crippen LogP contribution in [-0.2, 0) is 16.9 Å². The minimum absolute atomic E-state index is 0.00681. The molecule has 3 aromatic rings. The van der Waals surface area contributed by atoms with Gasteiger partial charge in [-0.1, -0.05) is 0 Å². The first-order valence-electron chi connectivity index (χ1n) is 5.90. The first-order valence-corrected chi connectivity index (χ1v) is 7.79. The summed E-state index contributed by atoms with van der Waals surface area (Å²) in [6.07, 6.45) is 8.08. The average molecular weight is 289 g/mol. The molecule has 0 unspecified atom stereocenters. The Balaban J connectivity index is 2.36. The molecule has 102 valence electrons. The van der Waals surface area contributed by atoms with Gasteiger partial charge in [0.25, 0.3) is 0 Å². The Hall–Kier alpha value is -2.16. The summed E-state index contributed by atoms with van der Waals surface area (Å²) in [7, 11) is 0.141. The molecule has 7 nitrogen and oxygen atoms in total. The van der Waals surface area contributed by atoms with E-state index in [2.05, 4.69) is 15.1 Å². The fourth-order valence-electron chi connectivity index (χ4n) is 2.09. The molecule has 3 aromatic heterocycles. The highest BCUT2D eigenvalue weighted by Gasteiger charge is 2.19. The van der Waals surface area contributed by atoms with E-state index < -0.39 is 9.84 Å². The van der Waals surface area contributed by atoms with Crippen molar-refractivity contribution < 1.29 is 8.42 Å². The van der Waals surface area contributed by atoms with Crippen LogP contribution in [-0.4, -0.2) is 46.7 Å². The van der Waals surface area contributed by atoms with Gasteiger partial charge in [0.2, 0.25) is 0 Å². The van der Waals surface area contributed by atoms with Crippen molar-refractivity contribution in [2.75, 3.05) is 6.26 Å². The Morgan fingerprint density at radius 1 is 1.25 bits per heavy atom. The summed E-state index contributed by atoms with van der Waals surface area (Å²) < 4.78 is 27.0. The van der Waals surface area contributed by atoms with Crippen LogP contribution in [0.3, 0.4) is 0 Å². The van der Waals surface area contributed by atoms with E-state index in [0.717, 1.165) is 17.5 Å². The van der Waals surface area contributed by atoms with Gasteiger partial charge in [-0.15, -0.1) is 0 Å². The first kappa shape index (κ1) is 12.9. The van der Waals surface area contributed by atoms with Crippen LogP contribution in [0.25, 0.3) is 16.9 Å². The lowest BCUT2D eigenvalue weighted by Crippen LogP contribution is -2.17. The lowest BCUT2D eigenvalue weighted by molar-refractivity contribution is 0.599. The van der Waals surface area contributed by atoms with Crippen molar-refractivity contribution in [3.63, 3.8) is 0 Å². The predicted octanol–water partition coefficient (Wildman–Crippen LogP) is -1.21. The largest absolute Gasteiger partial charge is 0.296 e. The zero-order valence-electron chi connectivity index (χ0n) is 11.3. The van der Waals surface area contributed by atoms with E-state index in [-0.39, 0.29) is 5.03 Å². The molecule has 0 N–H and O–H groups in total. The van der Waals surface area contributed by atoms with Crippen molar-refractivity contribution in [3.8, 4) is 11.3 Å². The normalized spacial score (nSPS) is 12.1. The second kappa shape index (κ2) is 4.17. The van der Waals surface area contributed by atoms with Crippen LogP contribution < -0.4 is 5.59 Å². The molecule has 20 heavy (non-hydrogen) atoms. The molecule has 3 rings (SSSR count). The maximum Gasteiger partial charge on any atom is 0.197 e. The van der Waals surface area contributed by atoms with Gasteiger partial charge in [0.15, 0.2) is 28.4 Å². The van der Waals surface area contributed by atoms with Crippen molar-refractivity contribution in [2.24, 2.45) is 7.05 Å². The summed E-state index contributed by atoms with van der Waals surface area (Å²) in [6, 6.07) is 0. The molecule has 9 heteroatoms. The molecule has 0 amide bonds. The molecule has 0 aliphatic rings. The van der Waals surface area contributed by atoms with Gasteiger partial charge < -0.3 is 0 Å². The summed E-state index contributed by atoms with van der Waals surface area (Å²) in [4.78, 5) is 8.29. The number of aryl methyl sites for hydroxylation is 1. The van der Waals surface area contributed by atoms with Crippen LogP contribution in [0.1, 0.15) is 0 Å². The van der Waals surface area contributed by atoms with Gasteiger partial charge in [0.1, 0.15) is 0 Å². The van der Waals surface area contributed by atoms with Gasteiger partial charge in [-0.05, 0) is 0 Å². The van der Waals surface area contributed by atoms with Gasteiger partial charge in [0.05, 0.1) is 18.1 Å². The van der Waals surface area contributed by atoms with Gasteiger partial charge in [-0.2, -0.15) is 5.10 Å². The number of hydrogen-bond donors (Lipinski definition) is 0. The maximum absolute atomic E-state index is 11.8. The van der Waals surface area contributed by atoms with Gasteiger partial charge in [-0.3, -0.25) is 9.08 Å². The molecule has 3 heterocycles. The molecule has 0 atom stereocenters. The molecular weight excluding hydrogens is 277 g/mol. The number of rotatable bonds is 2. The summed E-state index contributed by atoms with van der Waals surface area (Å²) in [5.74, 6) is 0. The SMILES string of the molecule is Bc1cn2c(-c3cnn(C)c3)cnc2c(S(C)(=O)=O)n1. The van der Waals surface area contributed by atoms with Crippen molar-refractivity contribution in [2.45, 2.75) is 5.03 Å². The highest BCUT2D eigenvalue weighted by atomic mass is 32.2. The summed E-state index contributed by atoms with van der Waals surface area (Å²) in [5.41, 5.74) is 2.59. The number of imidazole rings is 1. The fourth-order valence-corrected chi connectivity index (χ4v) is 2.88. The number of sulfone groups is 1. The van der Waals surface area contributed by atoms with Crippen LogP contribution >= 0.6 is 0 Å². The van der Waals surface area contributed by atoms with E-state index in [1.54, 1.807) is 35.5 Å². The van der Waals surface area contributed by atoms with Crippen LogP contribution in [0.2, 0.25) is 0 Å². The van der Waals surface area contributed by atoms with Gasteiger partial charge >= 0.3 is 0 Å². The average Bonchev–Trinajstić information content (AvgIpc) is 2.92. The fraction of sp³-hybridized carbons (Fsp3) is 0.182. The summed E-state index contributed by atoms with van der Waals surface area (Å²) >= 11 is 0. The van der Waals surface area contributed by atoms with E-state index in [1.807, 2.05) is 13.2 Å². The highest BCUT2D eigenvalue weighted by Crippen LogP contribution is 2.22. The van der Waals surface area contributed by atoms with Gasteiger partial charge in [-0.25, -0.2) is 18.4 Å². The van der Waals surface area contributed by atoms with Crippen molar-refractivity contribution >= 4 is 28.9 Å². The van der Waals surface area contributed by atoms with Crippen molar-refractivity contribution in [1.29, 1.82) is 0 Å². The third-order valence-electron chi connectivity index (χ3n) is 2.93.